The Labute approximate surface area is 393 Å². The number of benzene rings is 1. The number of ether oxygens (including phenoxy) is 2. The highest BCUT2D eigenvalue weighted by atomic mass is 16.6. The third-order valence-corrected chi connectivity index (χ3v) is 15.3. The minimum atomic E-state index is -1.54. The van der Waals surface area contributed by atoms with E-state index in [2.05, 4.69) is 173 Å². The number of nitrogens with one attached hydrogen (secondary N) is 2. The van der Waals surface area contributed by atoms with Gasteiger partial charge in [-0.15, -0.1) is 0 Å². The van der Waals surface area contributed by atoms with Crippen molar-refractivity contribution in [3.05, 3.63) is 28.8 Å². The standard InChI is InChI=1S/C42H72N2O5.C13H28N2/c1-18-19-20-42(34(46)48-29-24-38(8,9)43(16)39(10,11)25-29,35(47)49-30-26-40(12,13)44(17)41(14,15)27-30)23-28-21-31(36(2,3)4)33(45)32(22-28)37(5,6)7;1-6-7-8-14-11-9-12(2,3)15-13(4,5)10-11/h21-22,29-30,45H,18-20,23-27H2,1-17H3;11,14-15H,6-10H2,1-5H3. The number of hydrogen-bond donors (Lipinski definition) is 3. The molecule has 9 heteroatoms. The molecule has 0 bridgehead atoms. The maximum Gasteiger partial charge on any atom is 0.324 e. The monoisotopic (exact) mass is 897 g/mol. The van der Waals surface area contributed by atoms with Gasteiger partial charge in [-0.2, -0.15) is 0 Å². The summed E-state index contributed by atoms with van der Waals surface area (Å²) < 4.78 is 13.1. The fourth-order valence-corrected chi connectivity index (χ4v) is 11.5. The lowest BCUT2D eigenvalue weighted by Gasteiger charge is -2.53. The van der Waals surface area contributed by atoms with Crippen LogP contribution in [0, 0.1) is 5.41 Å². The molecular formula is C55H100N4O5. The number of likely N-dealkylation sites (tertiary alicyclic amines) is 2. The van der Waals surface area contributed by atoms with Gasteiger partial charge < -0.3 is 25.2 Å². The number of aromatic hydroxyl groups is 1. The first kappa shape index (κ1) is 56.1. The number of rotatable bonds is 13. The van der Waals surface area contributed by atoms with E-state index in [-0.39, 0.29) is 68.4 Å². The van der Waals surface area contributed by atoms with Gasteiger partial charge in [-0.3, -0.25) is 19.4 Å². The zero-order valence-electron chi connectivity index (χ0n) is 45.6. The topological polar surface area (TPSA) is 103 Å². The van der Waals surface area contributed by atoms with E-state index in [1.165, 1.54) is 32.2 Å². The molecule has 0 radical (unpaired) electrons. The molecule has 0 unspecified atom stereocenters. The minimum Gasteiger partial charge on any atom is -0.507 e. The third kappa shape index (κ3) is 14.2. The number of hydrogen-bond acceptors (Lipinski definition) is 9. The van der Waals surface area contributed by atoms with Crippen LogP contribution in [-0.2, 0) is 36.3 Å². The molecule has 0 aliphatic carbocycles. The lowest BCUT2D eigenvalue weighted by Crippen LogP contribution is -2.61. The number of carbonyl (C=O) groups is 2. The summed E-state index contributed by atoms with van der Waals surface area (Å²) in [5.74, 6) is -0.692. The van der Waals surface area contributed by atoms with E-state index >= 15 is 0 Å². The van der Waals surface area contributed by atoms with Gasteiger partial charge in [-0.25, -0.2) is 0 Å². The van der Waals surface area contributed by atoms with Crippen molar-refractivity contribution < 1.29 is 24.2 Å². The number of carbonyl (C=O) groups excluding carboxylic acids is 2. The van der Waals surface area contributed by atoms with Gasteiger partial charge >= 0.3 is 11.9 Å². The second-order valence-electron chi connectivity index (χ2n) is 26.4. The zero-order valence-corrected chi connectivity index (χ0v) is 45.6. The van der Waals surface area contributed by atoms with Crippen LogP contribution in [0.15, 0.2) is 12.1 Å². The highest BCUT2D eigenvalue weighted by Gasteiger charge is 2.54. The lowest BCUT2D eigenvalue weighted by molar-refractivity contribution is -0.188. The summed E-state index contributed by atoms with van der Waals surface area (Å²) in [5, 5.41) is 18.9. The lowest BCUT2D eigenvalue weighted by atomic mass is 9.73. The van der Waals surface area contributed by atoms with E-state index in [4.69, 9.17) is 9.47 Å². The number of phenols is 1. The Bertz CT molecular complexity index is 1580. The maximum absolute atomic E-state index is 15.0. The predicted octanol–water partition coefficient (Wildman–Crippen LogP) is 11.8. The van der Waals surface area contributed by atoms with Crippen molar-refractivity contribution in [1.29, 1.82) is 0 Å². The fraction of sp³-hybridized carbons (Fsp3) is 0.855. The quantitative estimate of drug-likeness (QED) is 0.101. The van der Waals surface area contributed by atoms with Crippen LogP contribution in [0.5, 0.6) is 5.75 Å². The zero-order chi connectivity index (χ0) is 49.3. The first-order valence-corrected chi connectivity index (χ1v) is 25.1. The molecule has 1 aromatic rings. The summed E-state index contributed by atoms with van der Waals surface area (Å²) >= 11 is 0. The van der Waals surface area contributed by atoms with Crippen LogP contribution < -0.4 is 10.6 Å². The highest BCUT2D eigenvalue weighted by molar-refractivity contribution is 6.00. The average molecular weight is 897 g/mol. The molecule has 0 atom stereocenters. The molecule has 3 saturated heterocycles. The van der Waals surface area contributed by atoms with Crippen molar-refractivity contribution >= 4 is 11.9 Å². The third-order valence-electron chi connectivity index (χ3n) is 15.3. The van der Waals surface area contributed by atoms with E-state index in [1.807, 2.05) is 12.1 Å². The summed E-state index contributed by atoms with van der Waals surface area (Å²) in [5.41, 5.74) is -0.0226. The van der Waals surface area contributed by atoms with Crippen LogP contribution in [0.25, 0.3) is 0 Å². The van der Waals surface area contributed by atoms with Gasteiger partial charge in [0.05, 0.1) is 0 Å². The van der Waals surface area contributed by atoms with E-state index in [0.29, 0.717) is 44.6 Å². The molecule has 4 rings (SSSR count). The molecule has 0 saturated carbocycles. The molecule has 3 aliphatic rings. The summed E-state index contributed by atoms with van der Waals surface area (Å²) in [6.45, 7) is 44.7. The van der Waals surface area contributed by atoms with Crippen LogP contribution in [0.1, 0.15) is 226 Å². The molecule has 3 heterocycles. The SMILES string of the molecule is CCCCC(Cc1cc(C(C)(C)C)c(O)c(C(C)(C)C)c1)(C(=O)OC1CC(C)(C)N(C)C(C)(C)C1)C(=O)OC1CC(C)(C)N(C)C(C)(C)C1.CCCCNC1CC(C)(C)NC(C)(C)C1. The van der Waals surface area contributed by atoms with E-state index in [9.17, 15) is 14.7 Å². The van der Waals surface area contributed by atoms with Gasteiger partial charge in [0.15, 0.2) is 5.41 Å². The molecule has 1 aromatic carbocycles. The first-order valence-electron chi connectivity index (χ1n) is 25.1. The van der Waals surface area contributed by atoms with Crippen molar-refractivity contribution in [2.75, 3.05) is 20.6 Å². The smallest absolute Gasteiger partial charge is 0.324 e. The number of phenolic OH excluding ortho intramolecular Hbond substituents is 1. The molecule has 3 N–H and O–H groups in total. The fourth-order valence-electron chi connectivity index (χ4n) is 11.5. The molecule has 370 valence electrons. The van der Waals surface area contributed by atoms with Crippen molar-refractivity contribution in [3.8, 4) is 5.75 Å². The number of nitrogens with zero attached hydrogens (tertiary/aromatic N) is 2. The summed E-state index contributed by atoms with van der Waals surface area (Å²) in [4.78, 5) is 34.7. The molecule has 0 spiro atoms. The largest absolute Gasteiger partial charge is 0.507 e. The van der Waals surface area contributed by atoms with Crippen LogP contribution >= 0.6 is 0 Å². The second kappa shape index (κ2) is 20.2. The van der Waals surface area contributed by atoms with Crippen LogP contribution in [0.2, 0.25) is 0 Å². The Hall–Kier alpha value is -2.20. The number of unbranched alkanes of at least 4 members (excludes halogenated alkanes) is 2. The maximum atomic E-state index is 15.0. The van der Waals surface area contributed by atoms with E-state index < -0.39 is 17.4 Å². The summed E-state index contributed by atoms with van der Waals surface area (Å²) in [6, 6.07) is 4.67. The Morgan fingerprint density at radius 1 is 0.656 bits per heavy atom. The van der Waals surface area contributed by atoms with Gasteiger partial charge in [-0.05, 0) is 163 Å². The predicted molar refractivity (Wildman–Crippen MR) is 268 cm³/mol. The van der Waals surface area contributed by atoms with Crippen LogP contribution in [-0.4, -0.2) is 99.0 Å². The van der Waals surface area contributed by atoms with E-state index in [1.54, 1.807) is 0 Å². The first-order chi connectivity index (χ1) is 28.8. The summed E-state index contributed by atoms with van der Waals surface area (Å²) in [7, 11) is 4.27. The Morgan fingerprint density at radius 3 is 1.34 bits per heavy atom. The number of esters is 2. The Morgan fingerprint density at radius 2 is 1.02 bits per heavy atom. The molecule has 3 fully saturated rings. The van der Waals surface area contributed by atoms with Crippen molar-refractivity contribution in [2.45, 2.75) is 278 Å². The molecule has 3 aliphatic heterocycles. The van der Waals surface area contributed by atoms with Gasteiger partial charge in [0, 0.05) is 65.0 Å². The van der Waals surface area contributed by atoms with Gasteiger partial charge in [0.1, 0.15) is 18.0 Å². The second-order valence-corrected chi connectivity index (χ2v) is 26.4. The molecule has 9 nitrogen and oxygen atoms in total. The Balaban J connectivity index is 0.000000612. The highest BCUT2D eigenvalue weighted by Crippen LogP contribution is 2.45. The van der Waals surface area contributed by atoms with Crippen LogP contribution in [0.3, 0.4) is 0 Å². The number of piperidine rings is 3. The van der Waals surface area contributed by atoms with Crippen molar-refractivity contribution in [3.63, 3.8) is 0 Å². The normalized spacial score (nSPS) is 22.9. The van der Waals surface area contributed by atoms with Gasteiger partial charge in [0.25, 0.3) is 0 Å². The molecule has 0 aromatic heterocycles. The molecular weight excluding hydrogens is 797 g/mol. The van der Waals surface area contributed by atoms with Gasteiger partial charge in [0.2, 0.25) is 0 Å². The van der Waals surface area contributed by atoms with Gasteiger partial charge in [-0.1, -0.05) is 86.8 Å². The molecule has 0 amide bonds. The Kier molecular flexibility index (Phi) is 17.7. The van der Waals surface area contributed by atoms with Crippen molar-refractivity contribution in [1.82, 2.24) is 20.4 Å². The van der Waals surface area contributed by atoms with Crippen LogP contribution in [0.4, 0.5) is 0 Å². The summed E-state index contributed by atoms with van der Waals surface area (Å²) in [6.07, 6.45) is 9.07. The minimum absolute atomic E-state index is 0.149. The van der Waals surface area contributed by atoms with Crippen molar-refractivity contribution in [2.24, 2.45) is 5.41 Å². The average Bonchev–Trinajstić information content (AvgIpc) is 3.09. The van der Waals surface area contributed by atoms with E-state index in [0.717, 1.165) is 23.1 Å². The molecule has 64 heavy (non-hydrogen) atoms.